The zero-order valence-corrected chi connectivity index (χ0v) is 19.7. The molecule has 1 N–H and O–H groups in total. The monoisotopic (exact) mass is 445 g/mol. The van der Waals surface area contributed by atoms with Crippen molar-refractivity contribution in [1.29, 1.82) is 0 Å². The smallest absolute Gasteiger partial charge is 0.344 e. The molecule has 174 valence electrons. The van der Waals surface area contributed by atoms with E-state index in [0.29, 0.717) is 5.75 Å². The molecule has 0 saturated carbocycles. The molecule has 8 heteroatoms. The van der Waals surface area contributed by atoms with Crippen LogP contribution in [0.25, 0.3) is 0 Å². The van der Waals surface area contributed by atoms with Gasteiger partial charge in [-0.25, -0.2) is 9.59 Å². The molecule has 0 aliphatic carbocycles. The molecule has 1 aromatic carbocycles. The van der Waals surface area contributed by atoms with Gasteiger partial charge in [0.2, 0.25) is 5.88 Å². The quantitative estimate of drug-likeness (QED) is 0.594. The summed E-state index contributed by atoms with van der Waals surface area (Å²) >= 11 is 0. The number of carbonyl (C=O) groups excluding carboxylic acids is 3. The predicted octanol–water partition coefficient (Wildman–Crippen LogP) is 4.56. The van der Waals surface area contributed by atoms with Gasteiger partial charge in [-0.15, -0.1) is 0 Å². The highest BCUT2D eigenvalue weighted by Gasteiger charge is 2.31. The van der Waals surface area contributed by atoms with Crippen molar-refractivity contribution in [2.24, 2.45) is 0 Å². The van der Waals surface area contributed by atoms with Gasteiger partial charge in [0.1, 0.15) is 22.6 Å². The normalized spacial score (nSPS) is 11.1. The third kappa shape index (κ3) is 5.90. The lowest BCUT2D eigenvalue weighted by molar-refractivity contribution is -0.118. The summed E-state index contributed by atoms with van der Waals surface area (Å²) < 4.78 is 21.3. The number of benzene rings is 1. The van der Waals surface area contributed by atoms with Crippen LogP contribution in [0.2, 0.25) is 0 Å². The van der Waals surface area contributed by atoms with Crippen LogP contribution in [-0.4, -0.2) is 37.7 Å². The van der Waals surface area contributed by atoms with Crippen LogP contribution < -0.4 is 10.1 Å². The Morgan fingerprint density at radius 2 is 1.56 bits per heavy atom. The van der Waals surface area contributed by atoms with E-state index in [9.17, 15) is 14.4 Å². The molecule has 0 aliphatic rings. The highest BCUT2D eigenvalue weighted by Crippen LogP contribution is 2.32. The first-order valence-electron chi connectivity index (χ1n) is 10.5. The van der Waals surface area contributed by atoms with Crippen molar-refractivity contribution in [2.45, 2.75) is 53.9 Å². The van der Waals surface area contributed by atoms with Crippen LogP contribution in [0.5, 0.6) is 5.75 Å². The lowest BCUT2D eigenvalue weighted by Crippen LogP contribution is -2.23. The molecule has 0 radical (unpaired) electrons. The van der Waals surface area contributed by atoms with Gasteiger partial charge in [0.15, 0.2) is 6.61 Å². The van der Waals surface area contributed by atoms with E-state index < -0.39 is 17.8 Å². The molecular weight excluding hydrogens is 414 g/mol. The lowest BCUT2D eigenvalue weighted by atomic mass is 9.85. The van der Waals surface area contributed by atoms with E-state index in [0.717, 1.165) is 11.1 Å². The third-order valence-electron chi connectivity index (χ3n) is 4.60. The van der Waals surface area contributed by atoms with Crippen LogP contribution in [0.4, 0.5) is 5.88 Å². The fourth-order valence-electron chi connectivity index (χ4n) is 3.14. The predicted molar refractivity (Wildman–Crippen MR) is 119 cm³/mol. The molecule has 8 nitrogen and oxygen atoms in total. The van der Waals surface area contributed by atoms with Gasteiger partial charge in [0, 0.05) is 0 Å². The van der Waals surface area contributed by atoms with Crippen molar-refractivity contribution >= 4 is 23.7 Å². The largest absolute Gasteiger partial charge is 0.483 e. The van der Waals surface area contributed by atoms with Gasteiger partial charge in [-0.05, 0) is 44.7 Å². The number of ether oxygens (including phenoxy) is 3. The van der Waals surface area contributed by atoms with E-state index >= 15 is 0 Å². The van der Waals surface area contributed by atoms with Gasteiger partial charge in [-0.1, -0.05) is 38.5 Å². The van der Waals surface area contributed by atoms with Gasteiger partial charge in [-0.3, -0.25) is 10.1 Å². The Labute approximate surface area is 188 Å². The second-order valence-electron chi connectivity index (χ2n) is 8.26. The van der Waals surface area contributed by atoms with E-state index in [4.69, 9.17) is 18.6 Å². The Hall–Kier alpha value is -3.29. The third-order valence-corrected chi connectivity index (χ3v) is 4.60. The number of furan rings is 1. The van der Waals surface area contributed by atoms with Crippen LogP contribution in [0.15, 0.2) is 22.6 Å². The van der Waals surface area contributed by atoms with Gasteiger partial charge in [0.25, 0.3) is 5.91 Å². The van der Waals surface area contributed by atoms with Crippen molar-refractivity contribution in [3.63, 3.8) is 0 Å². The summed E-state index contributed by atoms with van der Waals surface area (Å²) in [5.41, 5.74) is 1.62. The van der Waals surface area contributed by atoms with Crippen LogP contribution in [-0.2, 0) is 19.7 Å². The SMILES string of the molecule is CCOC(=O)c1c(C)oc(NC(=O)COc2ccc(C)cc2C(C)(C)C)c1C(=O)OCC. The first-order chi connectivity index (χ1) is 15.0. The van der Waals surface area contributed by atoms with E-state index in [1.807, 2.05) is 25.1 Å². The molecule has 0 bridgehead atoms. The molecule has 0 spiro atoms. The van der Waals surface area contributed by atoms with E-state index in [-0.39, 0.29) is 48.0 Å². The zero-order chi connectivity index (χ0) is 24.1. The standard InChI is InChI=1S/C24H31NO7/c1-8-29-22(27)19-15(4)32-21(20(19)23(28)30-9-2)25-18(26)13-31-17-11-10-14(3)12-16(17)24(5,6)7/h10-12H,8-9,13H2,1-7H3,(H,25,26). The minimum absolute atomic E-state index is 0.0740. The Kier molecular flexibility index (Phi) is 8.08. The van der Waals surface area contributed by atoms with Crippen LogP contribution in [0.1, 0.15) is 72.2 Å². The molecule has 1 aromatic heterocycles. The maximum Gasteiger partial charge on any atom is 0.344 e. The molecule has 2 rings (SSSR count). The summed E-state index contributed by atoms with van der Waals surface area (Å²) in [6.45, 7) is 12.8. The second-order valence-corrected chi connectivity index (χ2v) is 8.26. The second kappa shape index (κ2) is 10.3. The number of aryl methyl sites for hydroxylation is 2. The summed E-state index contributed by atoms with van der Waals surface area (Å²) in [7, 11) is 0. The van der Waals surface area contributed by atoms with E-state index in [2.05, 4.69) is 26.1 Å². The first kappa shape index (κ1) is 25.0. The molecule has 1 amide bonds. The summed E-state index contributed by atoms with van der Waals surface area (Å²) in [5, 5.41) is 2.51. The molecule has 0 fully saturated rings. The zero-order valence-electron chi connectivity index (χ0n) is 19.7. The number of nitrogens with one attached hydrogen (secondary N) is 1. The van der Waals surface area contributed by atoms with Gasteiger partial charge < -0.3 is 18.6 Å². The maximum absolute atomic E-state index is 12.6. The van der Waals surface area contributed by atoms with Gasteiger partial charge >= 0.3 is 11.9 Å². The van der Waals surface area contributed by atoms with Crippen molar-refractivity contribution in [3.8, 4) is 5.75 Å². The first-order valence-corrected chi connectivity index (χ1v) is 10.5. The fourth-order valence-corrected chi connectivity index (χ4v) is 3.14. The van der Waals surface area contributed by atoms with E-state index in [1.165, 1.54) is 6.92 Å². The number of rotatable bonds is 8. The number of anilines is 1. The van der Waals surface area contributed by atoms with Crippen molar-refractivity contribution in [2.75, 3.05) is 25.1 Å². The number of hydrogen-bond acceptors (Lipinski definition) is 7. The highest BCUT2D eigenvalue weighted by molar-refractivity contribution is 6.09. The minimum Gasteiger partial charge on any atom is -0.483 e. The fraction of sp³-hybridized carbons (Fsp3) is 0.458. The summed E-state index contributed by atoms with van der Waals surface area (Å²) in [6, 6.07) is 5.75. The van der Waals surface area contributed by atoms with Gasteiger partial charge in [-0.2, -0.15) is 0 Å². The average Bonchev–Trinajstić information content (AvgIpc) is 3.02. The van der Waals surface area contributed by atoms with Crippen LogP contribution in [0.3, 0.4) is 0 Å². The van der Waals surface area contributed by atoms with Gasteiger partial charge in [0.05, 0.1) is 13.2 Å². The van der Waals surface area contributed by atoms with Crippen molar-refractivity contribution < 1.29 is 33.0 Å². The molecular formula is C24H31NO7. The summed E-state index contributed by atoms with van der Waals surface area (Å²) in [6.07, 6.45) is 0. The molecule has 0 unspecified atom stereocenters. The molecule has 1 heterocycles. The number of esters is 2. The number of hydrogen-bond donors (Lipinski definition) is 1. The molecule has 0 aliphatic heterocycles. The van der Waals surface area contributed by atoms with Crippen LogP contribution in [0, 0.1) is 13.8 Å². The van der Waals surface area contributed by atoms with Crippen molar-refractivity contribution in [1.82, 2.24) is 0 Å². The number of amides is 1. The average molecular weight is 446 g/mol. The molecule has 32 heavy (non-hydrogen) atoms. The molecule has 0 saturated heterocycles. The number of carbonyl (C=O) groups is 3. The minimum atomic E-state index is -0.794. The van der Waals surface area contributed by atoms with Crippen LogP contribution >= 0.6 is 0 Å². The summed E-state index contributed by atoms with van der Waals surface area (Å²) in [5.74, 6) is -1.54. The lowest BCUT2D eigenvalue weighted by Gasteiger charge is -2.23. The topological polar surface area (TPSA) is 104 Å². The van der Waals surface area contributed by atoms with E-state index in [1.54, 1.807) is 13.8 Å². The van der Waals surface area contributed by atoms with Crippen molar-refractivity contribution in [3.05, 3.63) is 46.2 Å². The Bertz CT molecular complexity index is 999. The maximum atomic E-state index is 12.6. The summed E-state index contributed by atoms with van der Waals surface area (Å²) in [4.78, 5) is 37.4. The Morgan fingerprint density at radius 1 is 0.969 bits per heavy atom. The molecule has 2 aromatic rings. The Balaban J connectivity index is 2.26. The molecule has 0 atom stereocenters. The highest BCUT2D eigenvalue weighted by atomic mass is 16.5. The Morgan fingerprint density at radius 3 is 2.12 bits per heavy atom.